The Morgan fingerprint density at radius 2 is 2.10 bits per heavy atom. The molecule has 0 saturated carbocycles. The maximum absolute atomic E-state index is 11.2. The number of halogens is 1. The average Bonchev–Trinajstić information content (AvgIpc) is 2.94. The van der Waals surface area contributed by atoms with Gasteiger partial charge in [0, 0.05) is 25.2 Å². The molecule has 0 radical (unpaired) electrons. The van der Waals surface area contributed by atoms with E-state index in [-0.39, 0.29) is 10.6 Å². The Hall–Kier alpha value is -1.30. The van der Waals surface area contributed by atoms with Crippen molar-refractivity contribution in [2.24, 2.45) is 0 Å². The minimum absolute atomic E-state index is 0.140. The highest BCUT2D eigenvalue weighted by atomic mass is 79.9. The number of anilines is 1. The van der Waals surface area contributed by atoms with Crippen molar-refractivity contribution in [1.29, 1.82) is 0 Å². The van der Waals surface area contributed by atoms with E-state index in [0.29, 0.717) is 22.5 Å². The van der Waals surface area contributed by atoms with Crippen LogP contribution >= 0.6 is 15.9 Å². The highest BCUT2D eigenvalue weighted by molar-refractivity contribution is 9.10. The molecule has 1 aromatic carbocycles. The van der Waals surface area contributed by atoms with Crippen LogP contribution in [-0.4, -0.2) is 24.6 Å². The predicted octanol–water partition coefficient (Wildman–Crippen LogP) is 4.14. The maximum atomic E-state index is 11.2. The van der Waals surface area contributed by atoms with Gasteiger partial charge < -0.3 is 9.64 Å². The molecule has 0 amide bonds. The van der Waals surface area contributed by atoms with Gasteiger partial charge in [-0.1, -0.05) is 13.3 Å². The summed E-state index contributed by atoms with van der Waals surface area (Å²) in [5.41, 5.74) is 0.809. The van der Waals surface area contributed by atoms with E-state index in [1.807, 2.05) is 0 Å². The van der Waals surface area contributed by atoms with Crippen molar-refractivity contribution in [1.82, 2.24) is 0 Å². The monoisotopic (exact) mass is 342 g/mol. The molecule has 1 fully saturated rings. The second kappa shape index (κ2) is 6.92. The molecule has 110 valence electrons. The Balaban J connectivity index is 2.30. The lowest BCUT2D eigenvalue weighted by molar-refractivity contribution is -0.384. The summed E-state index contributed by atoms with van der Waals surface area (Å²) >= 11 is 3.36. The summed E-state index contributed by atoms with van der Waals surface area (Å²) in [6.07, 6.45) is 4.20. The fourth-order valence-electron chi connectivity index (χ4n) is 2.33. The van der Waals surface area contributed by atoms with Crippen molar-refractivity contribution >= 4 is 27.3 Å². The molecule has 0 atom stereocenters. The Morgan fingerprint density at radius 3 is 2.70 bits per heavy atom. The van der Waals surface area contributed by atoms with Crippen LogP contribution in [0.5, 0.6) is 5.75 Å². The van der Waals surface area contributed by atoms with Crippen molar-refractivity contribution in [3.8, 4) is 5.75 Å². The summed E-state index contributed by atoms with van der Waals surface area (Å²) < 4.78 is 6.36. The number of hydrogen-bond donors (Lipinski definition) is 0. The second-order valence-corrected chi connectivity index (χ2v) is 5.78. The lowest BCUT2D eigenvalue weighted by atomic mass is 10.2. The lowest BCUT2D eigenvalue weighted by Crippen LogP contribution is -2.19. The van der Waals surface area contributed by atoms with Crippen molar-refractivity contribution in [3.05, 3.63) is 26.7 Å². The average molecular weight is 343 g/mol. The molecule has 6 heteroatoms. The summed E-state index contributed by atoms with van der Waals surface area (Å²) in [6, 6.07) is 3.35. The van der Waals surface area contributed by atoms with Crippen LogP contribution in [0.25, 0.3) is 0 Å². The van der Waals surface area contributed by atoms with Gasteiger partial charge in [-0.25, -0.2) is 0 Å². The minimum atomic E-state index is -0.325. The summed E-state index contributed by atoms with van der Waals surface area (Å²) in [4.78, 5) is 13.0. The summed E-state index contributed by atoms with van der Waals surface area (Å²) in [5, 5.41) is 11.2. The van der Waals surface area contributed by atoms with Gasteiger partial charge in [0.25, 0.3) is 5.69 Å². The zero-order chi connectivity index (χ0) is 14.5. The highest BCUT2D eigenvalue weighted by Gasteiger charge is 2.24. The van der Waals surface area contributed by atoms with Gasteiger partial charge in [0.15, 0.2) is 0 Å². The summed E-state index contributed by atoms with van der Waals surface area (Å²) in [5.74, 6) is 0.686. The van der Waals surface area contributed by atoms with Gasteiger partial charge in [-0.15, -0.1) is 0 Å². The molecule has 20 heavy (non-hydrogen) atoms. The first-order valence-corrected chi connectivity index (χ1v) is 7.78. The quantitative estimate of drug-likeness (QED) is 0.443. The van der Waals surface area contributed by atoms with Gasteiger partial charge in [-0.3, -0.25) is 10.1 Å². The van der Waals surface area contributed by atoms with Crippen LogP contribution in [0, 0.1) is 10.1 Å². The van der Waals surface area contributed by atoms with Crippen LogP contribution in [0.1, 0.15) is 32.6 Å². The van der Waals surface area contributed by atoms with Crippen LogP contribution in [-0.2, 0) is 0 Å². The number of unbranched alkanes of at least 4 members (excludes halogenated alkanes) is 1. The van der Waals surface area contributed by atoms with Crippen molar-refractivity contribution in [2.45, 2.75) is 32.6 Å². The van der Waals surface area contributed by atoms with Gasteiger partial charge in [0.2, 0.25) is 0 Å². The van der Waals surface area contributed by atoms with Gasteiger partial charge in [0.05, 0.1) is 16.0 Å². The molecule has 0 spiro atoms. The summed E-state index contributed by atoms with van der Waals surface area (Å²) in [7, 11) is 0. The Kier molecular flexibility index (Phi) is 5.23. The van der Waals surface area contributed by atoms with Crippen molar-refractivity contribution in [3.63, 3.8) is 0 Å². The number of hydrogen-bond acceptors (Lipinski definition) is 4. The molecule has 0 bridgehead atoms. The smallest absolute Gasteiger partial charge is 0.293 e. The second-order valence-electron chi connectivity index (χ2n) is 4.92. The summed E-state index contributed by atoms with van der Waals surface area (Å²) in [6.45, 7) is 4.48. The molecule has 1 aliphatic heterocycles. The van der Waals surface area contributed by atoms with E-state index in [0.717, 1.165) is 38.8 Å². The van der Waals surface area contributed by atoms with Crippen molar-refractivity contribution in [2.75, 3.05) is 24.6 Å². The number of ether oxygens (including phenoxy) is 1. The van der Waals surface area contributed by atoms with E-state index in [9.17, 15) is 10.1 Å². The van der Waals surface area contributed by atoms with E-state index >= 15 is 0 Å². The maximum Gasteiger partial charge on any atom is 0.293 e. The molecule has 1 heterocycles. The molecule has 0 aliphatic carbocycles. The van der Waals surface area contributed by atoms with Gasteiger partial charge in [0.1, 0.15) is 11.4 Å². The van der Waals surface area contributed by atoms with Gasteiger partial charge >= 0.3 is 0 Å². The molecule has 5 nitrogen and oxygen atoms in total. The lowest BCUT2D eigenvalue weighted by Gasteiger charge is -2.19. The molecule has 0 N–H and O–H groups in total. The van der Waals surface area contributed by atoms with E-state index < -0.39 is 0 Å². The number of rotatable bonds is 6. The number of nitrogens with zero attached hydrogens (tertiary/aromatic N) is 2. The van der Waals surface area contributed by atoms with E-state index in [2.05, 4.69) is 27.8 Å². The molecular formula is C14H19BrN2O3. The largest absolute Gasteiger partial charge is 0.492 e. The SMILES string of the molecule is CCCCOc1cc(N2CCCC2)c([N+](=O)[O-])cc1Br. The molecule has 1 saturated heterocycles. The predicted molar refractivity (Wildman–Crippen MR) is 82.6 cm³/mol. The van der Waals surface area contributed by atoms with Crippen LogP contribution in [0.3, 0.4) is 0 Å². The molecule has 1 aromatic rings. The Labute approximate surface area is 127 Å². The number of nitro benzene ring substituents is 1. The third-order valence-corrected chi connectivity index (χ3v) is 4.05. The standard InChI is InChI=1S/C14H19BrN2O3/c1-2-3-8-20-14-10-12(16-6-4-5-7-16)13(17(18)19)9-11(14)15/h9-10H,2-8H2,1H3. The van der Waals surface area contributed by atoms with Crippen LogP contribution in [0.2, 0.25) is 0 Å². The zero-order valence-corrected chi connectivity index (χ0v) is 13.2. The fraction of sp³-hybridized carbons (Fsp3) is 0.571. The Morgan fingerprint density at radius 1 is 1.40 bits per heavy atom. The fourth-order valence-corrected chi connectivity index (χ4v) is 2.77. The van der Waals surface area contributed by atoms with Gasteiger partial charge in [-0.05, 0) is 35.2 Å². The van der Waals surface area contributed by atoms with Crippen LogP contribution in [0.15, 0.2) is 16.6 Å². The zero-order valence-electron chi connectivity index (χ0n) is 11.6. The third kappa shape index (κ3) is 3.42. The third-order valence-electron chi connectivity index (χ3n) is 3.43. The molecule has 2 rings (SSSR count). The molecular weight excluding hydrogens is 324 g/mol. The minimum Gasteiger partial charge on any atom is -0.492 e. The normalized spacial score (nSPS) is 14.6. The van der Waals surface area contributed by atoms with E-state index in [1.165, 1.54) is 0 Å². The molecule has 1 aliphatic rings. The van der Waals surface area contributed by atoms with E-state index in [4.69, 9.17) is 4.74 Å². The first kappa shape index (κ1) is 15.1. The molecule has 0 unspecified atom stereocenters. The Bertz CT molecular complexity index is 488. The molecule has 0 aromatic heterocycles. The van der Waals surface area contributed by atoms with E-state index in [1.54, 1.807) is 12.1 Å². The first-order chi connectivity index (χ1) is 9.63. The first-order valence-electron chi connectivity index (χ1n) is 6.99. The van der Waals surface area contributed by atoms with Crippen LogP contribution < -0.4 is 9.64 Å². The van der Waals surface area contributed by atoms with Crippen LogP contribution in [0.4, 0.5) is 11.4 Å². The number of benzene rings is 1. The van der Waals surface area contributed by atoms with Crippen molar-refractivity contribution < 1.29 is 9.66 Å². The highest BCUT2D eigenvalue weighted by Crippen LogP contribution is 2.39. The van der Waals surface area contributed by atoms with Gasteiger partial charge in [-0.2, -0.15) is 0 Å². The number of nitro groups is 1. The topological polar surface area (TPSA) is 55.6 Å².